The number of nitrogens with zero attached hydrogens (tertiary/aromatic N) is 1. The van der Waals surface area contributed by atoms with Gasteiger partial charge in [-0.05, 0) is 19.4 Å². The van der Waals surface area contributed by atoms with E-state index in [0.717, 1.165) is 19.5 Å². The molecule has 2 heterocycles. The van der Waals surface area contributed by atoms with Crippen LogP contribution in [0.1, 0.15) is 25.7 Å². The summed E-state index contributed by atoms with van der Waals surface area (Å²) in [5.74, 6) is -2.44. The van der Waals surface area contributed by atoms with Gasteiger partial charge in [-0.3, -0.25) is 4.90 Å². The molecule has 0 radical (unpaired) electrons. The molecule has 14 heavy (non-hydrogen) atoms. The fraction of sp³-hybridized carbons (Fsp3) is 1.00. The molecule has 0 aromatic heterocycles. The van der Waals surface area contributed by atoms with Crippen molar-refractivity contribution in [2.24, 2.45) is 0 Å². The zero-order valence-corrected chi connectivity index (χ0v) is 8.44. The third kappa shape index (κ3) is 2.64. The Morgan fingerprint density at radius 1 is 1.36 bits per heavy atom. The average molecular weight is 204 g/mol. The van der Waals surface area contributed by atoms with Crippen LogP contribution in [0.3, 0.4) is 0 Å². The maximum Gasteiger partial charge on any atom is 0.261 e. The largest absolute Gasteiger partial charge is 0.313 e. The van der Waals surface area contributed by atoms with Gasteiger partial charge in [0, 0.05) is 25.6 Å². The second kappa shape index (κ2) is 4.11. The van der Waals surface area contributed by atoms with Crippen LogP contribution in [0.2, 0.25) is 0 Å². The predicted octanol–water partition coefficient (Wildman–Crippen LogP) is 1.47. The summed E-state index contributed by atoms with van der Waals surface area (Å²) >= 11 is 0. The number of likely N-dealkylation sites (tertiary alicyclic amines) is 1. The molecule has 0 spiro atoms. The summed E-state index contributed by atoms with van der Waals surface area (Å²) in [6, 6.07) is 0.442. The normalized spacial score (nSPS) is 33.4. The summed E-state index contributed by atoms with van der Waals surface area (Å²) in [6.07, 6.45) is 3.65. The van der Waals surface area contributed by atoms with E-state index in [2.05, 4.69) is 5.32 Å². The Labute approximate surface area is 83.7 Å². The number of halogens is 2. The van der Waals surface area contributed by atoms with E-state index in [-0.39, 0.29) is 13.0 Å². The minimum atomic E-state index is -2.44. The highest BCUT2D eigenvalue weighted by molar-refractivity contribution is 4.85. The monoisotopic (exact) mass is 204 g/mol. The highest BCUT2D eigenvalue weighted by atomic mass is 19.3. The SMILES string of the molecule is FC1(F)CCN(C[C@@H]2CCCCN2)C1. The molecule has 2 rings (SSSR count). The summed E-state index contributed by atoms with van der Waals surface area (Å²) in [5, 5.41) is 3.39. The molecule has 0 aliphatic carbocycles. The Hall–Kier alpha value is -0.220. The average Bonchev–Trinajstić information content (AvgIpc) is 2.47. The molecule has 2 aliphatic heterocycles. The molecule has 1 N–H and O–H groups in total. The molecule has 0 bridgehead atoms. The van der Waals surface area contributed by atoms with E-state index in [1.165, 1.54) is 12.8 Å². The van der Waals surface area contributed by atoms with Crippen LogP contribution in [-0.2, 0) is 0 Å². The second-order valence-electron chi connectivity index (χ2n) is 4.49. The van der Waals surface area contributed by atoms with Gasteiger partial charge >= 0.3 is 0 Å². The first kappa shape index (κ1) is 10.3. The summed E-state index contributed by atoms with van der Waals surface area (Å²) in [4.78, 5) is 1.89. The van der Waals surface area contributed by atoms with E-state index >= 15 is 0 Å². The number of rotatable bonds is 2. The number of hydrogen-bond donors (Lipinski definition) is 1. The van der Waals surface area contributed by atoms with Gasteiger partial charge < -0.3 is 5.32 Å². The Bertz CT molecular complexity index is 191. The molecule has 2 fully saturated rings. The van der Waals surface area contributed by atoms with Crippen LogP contribution in [0.15, 0.2) is 0 Å². The van der Waals surface area contributed by atoms with Crippen molar-refractivity contribution in [3.8, 4) is 0 Å². The summed E-state index contributed by atoms with van der Waals surface area (Å²) in [6.45, 7) is 2.38. The van der Waals surface area contributed by atoms with Crippen molar-refractivity contribution in [3.63, 3.8) is 0 Å². The first-order valence-electron chi connectivity index (χ1n) is 5.49. The Morgan fingerprint density at radius 3 is 2.79 bits per heavy atom. The Morgan fingerprint density at radius 2 is 2.21 bits per heavy atom. The van der Waals surface area contributed by atoms with E-state index in [9.17, 15) is 8.78 Å². The smallest absolute Gasteiger partial charge is 0.261 e. The molecular weight excluding hydrogens is 186 g/mol. The van der Waals surface area contributed by atoms with Crippen LogP contribution in [-0.4, -0.2) is 43.0 Å². The molecule has 82 valence electrons. The summed E-state index contributed by atoms with van der Waals surface area (Å²) < 4.78 is 25.8. The predicted molar refractivity (Wildman–Crippen MR) is 51.6 cm³/mol. The zero-order valence-electron chi connectivity index (χ0n) is 8.44. The van der Waals surface area contributed by atoms with Crippen molar-refractivity contribution < 1.29 is 8.78 Å². The fourth-order valence-corrected chi connectivity index (χ4v) is 2.35. The Balaban J connectivity index is 1.75. The van der Waals surface area contributed by atoms with E-state index in [1.807, 2.05) is 4.90 Å². The van der Waals surface area contributed by atoms with Crippen LogP contribution >= 0.6 is 0 Å². The van der Waals surface area contributed by atoms with Crippen molar-refractivity contribution in [2.45, 2.75) is 37.6 Å². The van der Waals surface area contributed by atoms with Crippen molar-refractivity contribution in [3.05, 3.63) is 0 Å². The molecule has 2 aliphatic rings. The minimum absolute atomic E-state index is 0.0365. The van der Waals surface area contributed by atoms with Crippen molar-refractivity contribution in [1.29, 1.82) is 0 Å². The molecule has 4 heteroatoms. The van der Waals surface area contributed by atoms with Crippen LogP contribution < -0.4 is 5.32 Å². The lowest BCUT2D eigenvalue weighted by Gasteiger charge is -2.27. The zero-order chi connectivity index (χ0) is 10.0. The number of nitrogens with one attached hydrogen (secondary N) is 1. The lowest BCUT2D eigenvalue weighted by molar-refractivity contribution is 0.0112. The topological polar surface area (TPSA) is 15.3 Å². The molecule has 0 saturated carbocycles. The first-order valence-corrected chi connectivity index (χ1v) is 5.49. The molecule has 2 nitrogen and oxygen atoms in total. The lowest BCUT2D eigenvalue weighted by atomic mass is 10.0. The molecule has 1 atom stereocenters. The van der Waals surface area contributed by atoms with Crippen LogP contribution in [0.25, 0.3) is 0 Å². The third-order valence-electron chi connectivity index (χ3n) is 3.14. The maximum absolute atomic E-state index is 12.9. The molecule has 0 amide bonds. The van der Waals surface area contributed by atoms with Gasteiger partial charge in [-0.25, -0.2) is 8.78 Å². The number of alkyl halides is 2. The van der Waals surface area contributed by atoms with Gasteiger partial charge in [-0.15, -0.1) is 0 Å². The van der Waals surface area contributed by atoms with E-state index in [0.29, 0.717) is 12.6 Å². The van der Waals surface area contributed by atoms with Gasteiger partial charge in [-0.1, -0.05) is 6.42 Å². The van der Waals surface area contributed by atoms with E-state index in [4.69, 9.17) is 0 Å². The highest BCUT2D eigenvalue weighted by Crippen LogP contribution is 2.27. The molecule has 0 aromatic carbocycles. The molecule has 2 saturated heterocycles. The van der Waals surface area contributed by atoms with Gasteiger partial charge in [0.15, 0.2) is 0 Å². The van der Waals surface area contributed by atoms with Crippen molar-refractivity contribution in [2.75, 3.05) is 26.2 Å². The maximum atomic E-state index is 12.9. The minimum Gasteiger partial charge on any atom is -0.313 e. The van der Waals surface area contributed by atoms with Crippen molar-refractivity contribution in [1.82, 2.24) is 10.2 Å². The van der Waals surface area contributed by atoms with E-state index < -0.39 is 5.92 Å². The second-order valence-corrected chi connectivity index (χ2v) is 4.49. The van der Waals surface area contributed by atoms with E-state index in [1.54, 1.807) is 0 Å². The quantitative estimate of drug-likeness (QED) is 0.732. The first-order chi connectivity index (χ1) is 6.66. The van der Waals surface area contributed by atoms with Gasteiger partial charge in [0.05, 0.1) is 6.54 Å². The van der Waals surface area contributed by atoms with Gasteiger partial charge in [0.2, 0.25) is 0 Å². The molecule has 0 aromatic rings. The number of hydrogen-bond acceptors (Lipinski definition) is 2. The van der Waals surface area contributed by atoms with Gasteiger partial charge in [0.1, 0.15) is 0 Å². The fourth-order valence-electron chi connectivity index (χ4n) is 2.35. The number of piperidine rings is 1. The summed E-state index contributed by atoms with van der Waals surface area (Å²) in [7, 11) is 0. The third-order valence-corrected chi connectivity index (χ3v) is 3.14. The lowest BCUT2D eigenvalue weighted by Crippen LogP contribution is -2.43. The summed E-state index contributed by atoms with van der Waals surface area (Å²) in [5.41, 5.74) is 0. The standard InChI is InChI=1S/C10H18F2N2/c11-10(12)4-6-14(8-10)7-9-3-1-2-5-13-9/h9,13H,1-8H2/t9-/m0/s1. The van der Waals surface area contributed by atoms with Crippen LogP contribution in [0.4, 0.5) is 8.78 Å². The highest BCUT2D eigenvalue weighted by Gasteiger charge is 2.38. The van der Waals surface area contributed by atoms with Crippen LogP contribution in [0.5, 0.6) is 0 Å². The molecule has 0 unspecified atom stereocenters. The van der Waals surface area contributed by atoms with Gasteiger partial charge in [-0.2, -0.15) is 0 Å². The molecular formula is C10H18F2N2. The van der Waals surface area contributed by atoms with Gasteiger partial charge in [0.25, 0.3) is 5.92 Å². The Kier molecular flexibility index (Phi) is 3.02. The van der Waals surface area contributed by atoms with Crippen LogP contribution in [0, 0.1) is 0 Å². The van der Waals surface area contributed by atoms with Crippen molar-refractivity contribution >= 4 is 0 Å².